The normalized spacial score (nSPS) is 11.0. The molecule has 0 aliphatic carbocycles. The number of hydrogen-bond donors (Lipinski definition) is 2. The van der Waals surface area contributed by atoms with Gasteiger partial charge in [0.05, 0.1) is 12.2 Å². The molecule has 0 saturated carbocycles. The average Bonchev–Trinajstić information content (AvgIpc) is 2.51. The third-order valence-electron chi connectivity index (χ3n) is 2.74. The Morgan fingerprint density at radius 2 is 1.86 bits per heavy atom. The third kappa shape index (κ3) is 4.47. The van der Waals surface area contributed by atoms with Gasteiger partial charge in [-0.25, -0.2) is 14.8 Å². The summed E-state index contributed by atoms with van der Waals surface area (Å²) in [6, 6.07) is 8.86. The number of nitrogens with two attached hydrogens (primary N) is 2. The highest BCUT2D eigenvalue weighted by Gasteiger charge is 2.07. The highest BCUT2D eigenvalue weighted by Crippen LogP contribution is 2.29. The molecule has 0 atom stereocenters. The lowest BCUT2D eigenvalue weighted by Crippen LogP contribution is -1.98. The second-order valence-electron chi connectivity index (χ2n) is 4.37. The number of hydrogen-bond acceptors (Lipinski definition) is 6. The van der Waals surface area contributed by atoms with Crippen molar-refractivity contribution in [1.82, 2.24) is 4.98 Å². The lowest BCUT2D eigenvalue weighted by Gasteiger charge is -2.10. The Labute approximate surface area is 129 Å². The number of anilines is 2. The maximum Gasteiger partial charge on any atom is 0.139 e. The molecule has 2 rings (SSSR count). The van der Waals surface area contributed by atoms with E-state index < -0.39 is 0 Å². The van der Waals surface area contributed by atoms with E-state index in [0.717, 1.165) is 0 Å². The van der Waals surface area contributed by atoms with Crippen molar-refractivity contribution in [3.8, 4) is 11.5 Å². The molecule has 116 valence electrons. The molecule has 0 spiro atoms. The minimum atomic E-state index is 0.309. The Morgan fingerprint density at radius 3 is 2.59 bits per heavy atom. The topological polar surface area (TPSA) is 92.6 Å². The standard InChI is InChI=1S/C16H19N3O3/c1-2-20-21-11-3-4-14-15(9-10-19-16(14)18)22-13-7-5-12(17)6-8-13/h3-10H,2,11,17H2,1H3,(H2,18,19)/b4-3+. The van der Waals surface area contributed by atoms with Crippen LogP contribution >= 0.6 is 0 Å². The second kappa shape index (κ2) is 8.02. The van der Waals surface area contributed by atoms with E-state index >= 15 is 0 Å². The van der Waals surface area contributed by atoms with Gasteiger partial charge in [-0.05, 0) is 43.3 Å². The van der Waals surface area contributed by atoms with Gasteiger partial charge in [-0.1, -0.05) is 6.08 Å². The fourth-order valence-electron chi connectivity index (χ4n) is 1.73. The number of nitrogen functional groups attached to an aromatic ring is 2. The third-order valence-corrected chi connectivity index (χ3v) is 2.74. The lowest BCUT2D eigenvalue weighted by atomic mass is 10.2. The molecule has 1 heterocycles. The molecule has 0 fully saturated rings. The summed E-state index contributed by atoms with van der Waals surface area (Å²) in [4.78, 5) is 13.8. The molecule has 4 N–H and O–H groups in total. The summed E-state index contributed by atoms with van der Waals surface area (Å²) in [5.74, 6) is 1.64. The van der Waals surface area contributed by atoms with Gasteiger partial charge in [0.1, 0.15) is 23.9 Å². The van der Waals surface area contributed by atoms with E-state index in [-0.39, 0.29) is 0 Å². The van der Waals surface area contributed by atoms with Crippen LogP contribution in [0.5, 0.6) is 11.5 Å². The molecule has 0 aliphatic heterocycles. The summed E-state index contributed by atoms with van der Waals surface area (Å²) in [6.45, 7) is 2.65. The Morgan fingerprint density at radius 1 is 1.09 bits per heavy atom. The summed E-state index contributed by atoms with van der Waals surface area (Å²) < 4.78 is 5.82. The van der Waals surface area contributed by atoms with Crippen LogP contribution in [0.2, 0.25) is 0 Å². The first-order chi connectivity index (χ1) is 10.7. The highest BCUT2D eigenvalue weighted by molar-refractivity contribution is 5.67. The minimum Gasteiger partial charge on any atom is -0.457 e. The van der Waals surface area contributed by atoms with E-state index in [9.17, 15) is 0 Å². The summed E-state index contributed by atoms with van der Waals surface area (Å²) in [5, 5.41) is 0. The fourth-order valence-corrected chi connectivity index (χ4v) is 1.73. The van der Waals surface area contributed by atoms with Crippen molar-refractivity contribution in [2.45, 2.75) is 6.92 Å². The zero-order valence-corrected chi connectivity index (χ0v) is 12.4. The quantitative estimate of drug-likeness (QED) is 0.353. The van der Waals surface area contributed by atoms with Crippen LogP contribution in [0.25, 0.3) is 6.08 Å². The highest BCUT2D eigenvalue weighted by atomic mass is 17.2. The summed E-state index contributed by atoms with van der Waals surface area (Å²) in [6.07, 6.45) is 5.16. The number of nitrogens with zero attached hydrogens (tertiary/aromatic N) is 1. The Hall–Kier alpha value is -2.57. The molecule has 0 unspecified atom stereocenters. The van der Waals surface area contributed by atoms with Crippen LogP contribution in [0, 0.1) is 0 Å². The van der Waals surface area contributed by atoms with Gasteiger partial charge in [0.15, 0.2) is 0 Å². The summed E-state index contributed by atoms with van der Waals surface area (Å²) in [7, 11) is 0. The predicted molar refractivity (Wildman–Crippen MR) is 86.2 cm³/mol. The molecule has 6 nitrogen and oxygen atoms in total. The van der Waals surface area contributed by atoms with Crippen LogP contribution in [-0.2, 0) is 9.78 Å². The van der Waals surface area contributed by atoms with Gasteiger partial charge in [0.25, 0.3) is 0 Å². The molecule has 0 amide bonds. The predicted octanol–water partition coefficient (Wildman–Crippen LogP) is 3.02. The first kappa shape index (κ1) is 15.8. The number of rotatable bonds is 7. The van der Waals surface area contributed by atoms with E-state index in [1.165, 1.54) is 0 Å². The van der Waals surface area contributed by atoms with E-state index in [4.69, 9.17) is 26.0 Å². The molecule has 1 aromatic heterocycles. The van der Waals surface area contributed by atoms with Gasteiger partial charge in [-0.3, -0.25) is 0 Å². The van der Waals surface area contributed by atoms with Crippen LogP contribution < -0.4 is 16.2 Å². The lowest BCUT2D eigenvalue weighted by molar-refractivity contribution is -0.282. The monoisotopic (exact) mass is 301 g/mol. The Bertz CT molecular complexity index is 627. The fraction of sp³-hybridized carbons (Fsp3) is 0.188. The number of aromatic nitrogens is 1. The van der Waals surface area contributed by atoms with Crippen LogP contribution in [-0.4, -0.2) is 18.2 Å². The molecule has 0 bridgehead atoms. The molecule has 0 saturated heterocycles. The van der Waals surface area contributed by atoms with Gasteiger partial charge >= 0.3 is 0 Å². The van der Waals surface area contributed by atoms with Crippen molar-refractivity contribution in [3.63, 3.8) is 0 Å². The molecule has 0 radical (unpaired) electrons. The average molecular weight is 301 g/mol. The van der Waals surface area contributed by atoms with Crippen molar-refractivity contribution >= 4 is 17.6 Å². The first-order valence-corrected chi connectivity index (χ1v) is 6.89. The largest absolute Gasteiger partial charge is 0.457 e. The van der Waals surface area contributed by atoms with Gasteiger partial charge in [-0.15, -0.1) is 0 Å². The van der Waals surface area contributed by atoms with Crippen LogP contribution in [0.1, 0.15) is 12.5 Å². The second-order valence-corrected chi connectivity index (χ2v) is 4.37. The maximum absolute atomic E-state index is 5.91. The molecular formula is C16H19N3O3. The van der Waals surface area contributed by atoms with Crippen molar-refractivity contribution in [1.29, 1.82) is 0 Å². The smallest absolute Gasteiger partial charge is 0.139 e. The number of benzene rings is 1. The van der Waals surface area contributed by atoms with Gasteiger partial charge in [-0.2, -0.15) is 0 Å². The zero-order valence-electron chi connectivity index (χ0n) is 12.4. The van der Waals surface area contributed by atoms with Gasteiger partial charge < -0.3 is 16.2 Å². The minimum absolute atomic E-state index is 0.309. The number of ether oxygens (including phenoxy) is 1. The zero-order chi connectivity index (χ0) is 15.8. The van der Waals surface area contributed by atoms with Crippen molar-refractivity contribution in [2.24, 2.45) is 0 Å². The van der Waals surface area contributed by atoms with Crippen LogP contribution in [0.3, 0.4) is 0 Å². The Kier molecular flexibility index (Phi) is 5.76. The summed E-state index contributed by atoms with van der Waals surface area (Å²) in [5.41, 5.74) is 12.9. The van der Waals surface area contributed by atoms with E-state index in [1.807, 2.05) is 6.92 Å². The number of pyridine rings is 1. The SMILES string of the molecule is CCOOC/C=C/c1c(Oc2ccc(N)cc2)ccnc1N. The maximum atomic E-state index is 5.91. The Balaban J connectivity index is 2.13. The molecule has 6 heteroatoms. The molecule has 22 heavy (non-hydrogen) atoms. The van der Waals surface area contributed by atoms with Gasteiger partial charge in [0.2, 0.25) is 0 Å². The molecular weight excluding hydrogens is 282 g/mol. The van der Waals surface area contributed by atoms with Gasteiger partial charge in [0, 0.05) is 11.9 Å². The molecule has 0 aliphatic rings. The van der Waals surface area contributed by atoms with E-state index in [2.05, 4.69) is 4.98 Å². The van der Waals surface area contributed by atoms with E-state index in [0.29, 0.717) is 41.8 Å². The molecule has 2 aromatic rings. The van der Waals surface area contributed by atoms with Crippen LogP contribution in [0.4, 0.5) is 11.5 Å². The van der Waals surface area contributed by atoms with Crippen LogP contribution in [0.15, 0.2) is 42.6 Å². The van der Waals surface area contributed by atoms with Crippen molar-refractivity contribution < 1.29 is 14.5 Å². The molecule has 1 aromatic carbocycles. The van der Waals surface area contributed by atoms with Crippen molar-refractivity contribution in [2.75, 3.05) is 24.7 Å². The summed E-state index contributed by atoms with van der Waals surface area (Å²) >= 11 is 0. The van der Waals surface area contributed by atoms with E-state index in [1.54, 1.807) is 48.7 Å². The van der Waals surface area contributed by atoms with Crippen molar-refractivity contribution in [3.05, 3.63) is 48.2 Å². The first-order valence-electron chi connectivity index (χ1n) is 6.89.